The third kappa shape index (κ3) is 2.09. The maximum absolute atomic E-state index is 9.66. The Morgan fingerprint density at radius 2 is 2.09 bits per heavy atom. The molecule has 5 heteroatoms. The molecule has 5 nitrogen and oxygen atoms in total. The summed E-state index contributed by atoms with van der Waals surface area (Å²) >= 11 is 0. The van der Waals surface area contributed by atoms with Gasteiger partial charge in [0.25, 0.3) is 0 Å². The fourth-order valence-electron chi connectivity index (χ4n) is 2.77. The molecule has 3 aromatic rings. The summed E-state index contributed by atoms with van der Waals surface area (Å²) in [6.45, 7) is 2.89. The third-order valence-electron chi connectivity index (χ3n) is 3.69. The standard InChI is InChI=1S/C17H17N5/c1-4-22-15-8-6-5-7-12(15)14-10-19-17(20-11-21(2)3)13(9-18)16(14)22/h5-8,10-11H,4H2,1-3H3/p+1. The minimum atomic E-state index is 0.577. The predicted octanol–water partition coefficient (Wildman–Crippen LogP) is 2.79. The Balaban J connectivity index is 2.39. The minimum absolute atomic E-state index is 0.577. The van der Waals surface area contributed by atoms with Crippen molar-refractivity contribution in [3.05, 3.63) is 36.0 Å². The molecule has 110 valence electrons. The normalized spacial score (nSPS) is 10.6. The molecule has 0 spiro atoms. The Labute approximate surface area is 129 Å². The molecule has 0 radical (unpaired) electrons. The van der Waals surface area contributed by atoms with Crippen molar-refractivity contribution >= 4 is 34.0 Å². The molecule has 1 aromatic carbocycles. The summed E-state index contributed by atoms with van der Waals surface area (Å²) in [5.74, 6) is 0.584. The zero-order chi connectivity index (χ0) is 15.7. The summed E-state index contributed by atoms with van der Waals surface area (Å²) in [4.78, 5) is 4.44. The lowest BCUT2D eigenvalue weighted by Crippen LogP contribution is -2.10. The van der Waals surface area contributed by atoms with Gasteiger partial charge in [0, 0.05) is 29.0 Å². The monoisotopic (exact) mass is 292 g/mol. The second kappa shape index (κ2) is 5.49. The van der Waals surface area contributed by atoms with Crippen molar-refractivity contribution in [2.24, 2.45) is 0 Å². The average molecular weight is 292 g/mol. The van der Waals surface area contributed by atoms with E-state index in [2.05, 4.69) is 40.0 Å². The highest BCUT2D eigenvalue weighted by Gasteiger charge is 2.18. The number of aryl methyl sites for hydroxylation is 1. The van der Waals surface area contributed by atoms with E-state index in [1.807, 2.05) is 37.0 Å². The van der Waals surface area contributed by atoms with Crippen LogP contribution < -0.4 is 5.32 Å². The number of nitrogens with zero attached hydrogens (tertiary/aromatic N) is 4. The van der Waals surface area contributed by atoms with Crippen LogP contribution in [0.3, 0.4) is 0 Å². The van der Waals surface area contributed by atoms with Crippen LogP contribution in [0.2, 0.25) is 0 Å². The van der Waals surface area contributed by atoms with E-state index in [1.54, 1.807) is 6.34 Å². The van der Waals surface area contributed by atoms with Crippen molar-refractivity contribution in [2.75, 3.05) is 19.4 Å². The molecule has 0 saturated carbocycles. The molecule has 0 unspecified atom stereocenters. The van der Waals surface area contributed by atoms with Crippen LogP contribution in [0.1, 0.15) is 12.5 Å². The molecule has 0 aliphatic heterocycles. The first kappa shape index (κ1) is 14.1. The molecular weight excluding hydrogens is 274 g/mol. The van der Waals surface area contributed by atoms with Gasteiger partial charge in [-0.2, -0.15) is 5.26 Å². The number of hydrogen-bond acceptors (Lipinski definition) is 2. The maximum Gasteiger partial charge on any atom is 0.238 e. The minimum Gasteiger partial charge on any atom is -0.339 e. The SMILES string of the molecule is CCn1c2ccccc2c2cnc(NC=[N+](C)C)c(C#N)c21. The van der Waals surface area contributed by atoms with Crippen molar-refractivity contribution in [3.8, 4) is 6.07 Å². The fraction of sp³-hybridized carbons (Fsp3) is 0.235. The lowest BCUT2D eigenvalue weighted by atomic mass is 10.1. The van der Waals surface area contributed by atoms with Gasteiger partial charge in [-0.1, -0.05) is 18.2 Å². The number of para-hydroxylation sites is 1. The van der Waals surface area contributed by atoms with Gasteiger partial charge in [0.05, 0.1) is 19.6 Å². The van der Waals surface area contributed by atoms with E-state index in [0.29, 0.717) is 11.4 Å². The van der Waals surface area contributed by atoms with E-state index in [9.17, 15) is 5.26 Å². The van der Waals surface area contributed by atoms with Gasteiger partial charge in [0.1, 0.15) is 11.6 Å². The van der Waals surface area contributed by atoms with E-state index in [4.69, 9.17) is 0 Å². The van der Waals surface area contributed by atoms with E-state index in [0.717, 1.165) is 28.4 Å². The summed E-state index contributed by atoms with van der Waals surface area (Å²) in [6, 6.07) is 10.5. The van der Waals surface area contributed by atoms with Crippen molar-refractivity contribution in [1.29, 1.82) is 5.26 Å². The first-order valence-corrected chi connectivity index (χ1v) is 7.23. The number of nitrogens with one attached hydrogen (secondary N) is 1. The third-order valence-corrected chi connectivity index (χ3v) is 3.69. The highest BCUT2D eigenvalue weighted by atomic mass is 15.1. The van der Waals surface area contributed by atoms with E-state index in [-0.39, 0.29) is 0 Å². The lowest BCUT2D eigenvalue weighted by molar-refractivity contribution is -0.459. The summed E-state index contributed by atoms with van der Waals surface area (Å²) < 4.78 is 4.05. The summed E-state index contributed by atoms with van der Waals surface area (Å²) in [7, 11) is 3.83. The summed E-state index contributed by atoms with van der Waals surface area (Å²) in [5.41, 5.74) is 2.65. The number of pyridine rings is 1. The van der Waals surface area contributed by atoms with Crippen molar-refractivity contribution < 1.29 is 4.58 Å². The second-order valence-corrected chi connectivity index (χ2v) is 5.35. The molecule has 3 rings (SSSR count). The maximum atomic E-state index is 9.66. The van der Waals surface area contributed by atoms with Crippen molar-refractivity contribution in [3.63, 3.8) is 0 Å². The van der Waals surface area contributed by atoms with E-state index >= 15 is 0 Å². The predicted molar refractivity (Wildman–Crippen MR) is 89.4 cm³/mol. The second-order valence-electron chi connectivity index (χ2n) is 5.35. The smallest absolute Gasteiger partial charge is 0.238 e. The molecule has 0 saturated heterocycles. The van der Waals surface area contributed by atoms with Gasteiger partial charge in [-0.3, -0.25) is 4.58 Å². The fourth-order valence-corrected chi connectivity index (χ4v) is 2.77. The molecule has 0 aliphatic rings. The number of rotatable bonds is 3. The van der Waals surface area contributed by atoms with E-state index < -0.39 is 0 Å². The molecule has 22 heavy (non-hydrogen) atoms. The molecule has 0 amide bonds. The Kier molecular flexibility index (Phi) is 3.51. The van der Waals surface area contributed by atoms with Gasteiger partial charge < -0.3 is 4.57 Å². The number of aromatic nitrogens is 2. The van der Waals surface area contributed by atoms with Crippen LogP contribution in [0.15, 0.2) is 30.5 Å². The Bertz CT molecular complexity index is 924. The molecule has 1 N–H and O–H groups in total. The average Bonchev–Trinajstić information content (AvgIpc) is 2.86. The van der Waals surface area contributed by atoms with Crippen LogP contribution in [0.5, 0.6) is 0 Å². The summed E-state index contributed by atoms with van der Waals surface area (Å²) in [5, 5.41) is 14.9. The van der Waals surface area contributed by atoms with Crippen molar-refractivity contribution in [1.82, 2.24) is 9.55 Å². The Morgan fingerprint density at radius 1 is 1.32 bits per heavy atom. The number of nitriles is 1. The first-order chi connectivity index (χ1) is 10.7. The van der Waals surface area contributed by atoms with Gasteiger partial charge in [0.15, 0.2) is 0 Å². The zero-order valence-electron chi connectivity index (χ0n) is 13.0. The molecule has 2 heterocycles. The van der Waals surface area contributed by atoms with Gasteiger partial charge in [-0.05, 0) is 13.0 Å². The lowest BCUT2D eigenvalue weighted by Gasteiger charge is -2.05. The zero-order valence-corrected chi connectivity index (χ0v) is 13.0. The molecule has 0 bridgehead atoms. The van der Waals surface area contributed by atoms with Gasteiger partial charge in [-0.25, -0.2) is 10.3 Å². The highest BCUT2D eigenvalue weighted by molar-refractivity contribution is 6.10. The summed E-state index contributed by atoms with van der Waals surface area (Å²) in [6.07, 6.45) is 3.63. The van der Waals surface area contributed by atoms with Crippen LogP contribution >= 0.6 is 0 Å². The van der Waals surface area contributed by atoms with E-state index in [1.165, 1.54) is 0 Å². The van der Waals surface area contributed by atoms with Gasteiger partial charge in [-0.15, -0.1) is 0 Å². The van der Waals surface area contributed by atoms with Crippen molar-refractivity contribution in [2.45, 2.75) is 13.5 Å². The quantitative estimate of drug-likeness (QED) is 0.459. The molecular formula is C17H18N5+. The van der Waals surface area contributed by atoms with Crippen LogP contribution in [0, 0.1) is 11.3 Å². The van der Waals surface area contributed by atoms with Crippen LogP contribution in [-0.4, -0.2) is 34.6 Å². The largest absolute Gasteiger partial charge is 0.339 e. The van der Waals surface area contributed by atoms with Crippen LogP contribution in [-0.2, 0) is 6.54 Å². The molecule has 0 fully saturated rings. The number of anilines is 1. The number of hydrogen-bond donors (Lipinski definition) is 1. The highest BCUT2D eigenvalue weighted by Crippen LogP contribution is 2.32. The molecule has 0 aliphatic carbocycles. The topological polar surface area (TPSA) is 56.6 Å². The Morgan fingerprint density at radius 3 is 2.77 bits per heavy atom. The van der Waals surface area contributed by atoms with Gasteiger partial charge in [0.2, 0.25) is 12.2 Å². The van der Waals surface area contributed by atoms with Gasteiger partial charge >= 0.3 is 0 Å². The van der Waals surface area contributed by atoms with Crippen LogP contribution in [0.25, 0.3) is 21.8 Å². The number of fused-ring (bicyclic) bond motifs is 3. The Hall–Kier alpha value is -2.87. The molecule has 0 atom stereocenters. The number of benzene rings is 1. The van der Waals surface area contributed by atoms with Crippen LogP contribution in [0.4, 0.5) is 5.82 Å². The molecule has 2 aromatic heterocycles. The first-order valence-electron chi connectivity index (χ1n) is 7.23.